The first-order chi connectivity index (χ1) is 13.6. The normalized spacial score (nSPS) is 11.9. The van der Waals surface area contributed by atoms with Crippen LogP contribution >= 0.6 is 11.3 Å². The predicted molar refractivity (Wildman–Crippen MR) is 102 cm³/mol. The van der Waals surface area contributed by atoms with E-state index in [2.05, 4.69) is 10.1 Å². The summed E-state index contributed by atoms with van der Waals surface area (Å²) in [7, 11) is 0. The molecule has 6 nitrogen and oxygen atoms in total. The molecule has 1 atom stereocenters. The molecule has 0 spiro atoms. The SMILES string of the molecule is N#CC(C(=O)c1ccc(=O)n(-c2ccc(F)cc2)n1)c1nc2ccccc2s1. The van der Waals surface area contributed by atoms with Gasteiger partial charge in [0.05, 0.1) is 22.0 Å². The smallest absolute Gasteiger partial charge is 0.271 e. The first kappa shape index (κ1) is 17.7. The minimum absolute atomic E-state index is 0.0465. The zero-order valence-electron chi connectivity index (χ0n) is 14.2. The number of carbonyl (C=O) groups excluding carboxylic acids is 1. The van der Waals surface area contributed by atoms with E-state index in [-0.39, 0.29) is 5.69 Å². The van der Waals surface area contributed by atoms with Crippen LogP contribution in [0.3, 0.4) is 0 Å². The number of fused-ring (bicyclic) bond motifs is 1. The number of hydrogen-bond donors (Lipinski definition) is 0. The fraction of sp³-hybridized carbons (Fsp3) is 0.0500. The highest BCUT2D eigenvalue weighted by molar-refractivity contribution is 7.18. The van der Waals surface area contributed by atoms with E-state index in [0.717, 1.165) is 9.38 Å². The van der Waals surface area contributed by atoms with Gasteiger partial charge in [0.15, 0.2) is 5.92 Å². The number of nitriles is 1. The molecule has 28 heavy (non-hydrogen) atoms. The van der Waals surface area contributed by atoms with Crippen molar-refractivity contribution in [3.8, 4) is 11.8 Å². The van der Waals surface area contributed by atoms with Crippen molar-refractivity contribution in [2.45, 2.75) is 5.92 Å². The first-order valence-corrected chi connectivity index (χ1v) is 9.04. The van der Waals surface area contributed by atoms with Gasteiger partial charge in [-0.25, -0.2) is 9.37 Å². The number of thiazole rings is 1. The summed E-state index contributed by atoms with van der Waals surface area (Å²) in [6, 6.07) is 17.0. The maximum absolute atomic E-state index is 13.1. The Balaban J connectivity index is 1.74. The quantitative estimate of drug-likeness (QED) is 0.498. The molecule has 8 heteroatoms. The number of halogens is 1. The van der Waals surface area contributed by atoms with Crippen LogP contribution in [0.5, 0.6) is 0 Å². The van der Waals surface area contributed by atoms with Crippen LogP contribution in [-0.2, 0) is 0 Å². The Morgan fingerprint density at radius 3 is 2.57 bits per heavy atom. The van der Waals surface area contributed by atoms with E-state index in [1.165, 1.54) is 47.7 Å². The van der Waals surface area contributed by atoms with Crippen LogP contribution in [0.2, 0.25) is 0 Å². The molecule has 4 aromatic rings. The van der Waals surface area contributed by atoms with Gasteiger partial charge in [-0.05, 0) is 42.5 Å². The minimum Gasteiger partial charge on any atom is -0.290 e. The van der Waals surface area contributed by atoms with Crippen LogP contribution in [0.4, 0.5) is 4.39 Å². The van der Waals surface area contributed by atoms with E-state index in [0.29, 0.717) is 16.2 Å². The van der Waals surface area contributed by atoms with Crippen molar-refractivity contribution in [2.24, 2.45) is 0 Å². The second-order valence-corrected chi connectivity index (χ2v) is 6.95. The number of Topliss-reactive ketones (excluding diaryl/α,β-unsaturated/α-hetero) is 1. The lowest BCUT2D eigenvalue weighted by Gasteiger charge is -2.08. The van der Waals surface area contributed by atoms with Crippen molar-refractivity contribution in [2.75, 3.05) is 0 Å². The summed E-state index contributed by atoms with van der Waals surface area (Å²) in [5.41, 5.74) is 0.501. The van der Waals surface area contributed by atoms with Gasteiger partial charge in [0.25, 0.3) is 5.56 Å². The van der Waals surface area contributed by atoms with Crippen LogP contribution in [0.1, 0.15) is 21.4 Å². The van der Waals surface area contributed by atoms with Crippen molar-refractivity contribution in [1.82, 2.24) is 14.8 Å². The average Bonchev–Trinajstić information content (AvgIpc) is 3.13. The third-order valence-corrected chi connectivity index (χ3v) is 5.17. The lowest BCUT2D eigenvalue weighted by atomic mass is 10.0. The highest BCUT2D eigenvalue weighted by atomic mass is 32.1. The topological polar surface area (TPSA) is 88.6 Å². The molecule has 0 aliphatic carbocycles. The third-order valence-electron chi connectivity index (χ3n) is 4.07. The summed E-state index contributed by atoms with van der Waals surface area (Å²) >= 11 is 1.27. The van der Waals surface area contributed by atoms with Crippen LogP contribution in [0.15, 0.2) is 65.5 Å². The molecule has 4 rings (SSSR count). The van der Waals surface area contributed by atoms with Crippen molar-refractivity contribution in [1.29, 1.82) is 5.26 Å². The molecule has 1 unspecified atom stereocenters. The molecule has 0 fully saturated rings. The van der Waals surface area contributed by atoms with Gasteiger partial charge >= 0.3 is 0 Å². The van der Waals surface area contributed by atoms with Crippen LogP contribution in [-0.4, -0.2) is 20.5 Å². The number of carbonyl (C=O) groups is 1. The predicted octanol–water partition coefficient (Wildman–Crippen LogP) is 3.47. The van der Waals surface area contributed by atoms with Gasteiger partial charge in [0, 0.05) is 6.07 Å². The van der Waals surface area contributed by atoms with Crippen molar-refractivity contribution >= 4 is 27.3 Å². The van der Waals surface area contributed by atoms with E-state index in [4.69, 9.17) is 0 Å². The van der Waals surface area contributed by atoms with Crippen LogP contribution < -0.4 is 5.56 Å². The van der Waals surface area contributed by atoms with E-state index in [1.807, 2.05) is 24.3 Å². The Labute approximate surface area is 162 Å². The van der Waals surface area contributed by atoms with E-state index >= 15 is 0 Å². The van der Waals surface area contributed by atoms with Gasteiger partial charge in [-0.3, -0.25) is 9.59 Å². The van der Waals surface area contributed by atoms with Gasteiger partial charge in [0.2, 0.25) is 5.78 Å². The molecule has 0 radical (unpaired) electrons. The molecule has 2 aromatic heterocycles. The second-order valence-electron chi connectivity index (χ2n) is 5.89. The van der Waals surface area contributed by atoms with Gasteiger partial charge in [-0.1, -0.05) is 12.1 Å². The summed E-state index contributed by atoms with van der Waals surface area (Å²) in [6.45, 7) is 0. The van der Waals surface area contributed by atoms with Crippen molar-refractivity contribution < 1.29 is 9.18 Å². The molecule has 136 valence electrons. The van der Waals surface area contributed by atoms with E-state index < -0.39 is 23.1 Å². The monoisotopic (exact) mass is 390 g/mol. The molecule has 2 heterocycles. The number of rotatable bonds is 4. The second kappa shape index (κ2) is 7.13. The number of para-hydroxylation sites is 1. The molecule has 0 N–H and O–H groups in total. The number of hydrogen-bond acceptors (Lipinski definition) is 6. The summed E-state index contributed by atoms with van der Waals surface area (Å²) < 4.78 is 15.0. The Hall–Kier alpha value is -3.70. The highest BCUT2D eigenvalue weighted by Gasteiger charge is 2.27. The molecule has 2 aromatic carbocycles. The standard InChI is InChI=1S/C20H11FN4O2S/c21-12-5-7-13(8-6-12)25-18(26)10-9-16(24-25)19(27)14(11-22)20-23-15-3-1-2-4-17(15)28-20/h1-10,14H. The molecular weight excluding hydrogens is 379 g/mol. The molecule has 0 aliphatic heterocycles. The lowest BCUT2D eigenvalue weighted by molar-refractivity contribution is 0.0972. The van der Waals surface area contributed by atoms with Crippen LogP contribution in [0.25, 0.3) is 15.9 Å². The number of aromatic nitrogens is 3. The van der Waals surface area contributed by atoms with E-state index in [1.54, 1.807) is 6.07 Å². The largest absolute Gasteiger partial charge is 0.290 e. The molecule has 0 saturated carbocycles. The highest BCUT2D eigenvalue weighted by Crippen LogP contribution is 2.29. The fourth-order valence-electron chi connectivity index (χ4n) is 2.70. The van der Waals surface area contributed by atoms with Gasteiger partial charge in [-0.15, -0.1) is 11.3 Å². The number of nitrogens with zero attached hydrogens (tertiary/aromatic N) is 4. The molecule has 0 saturated heterocycles. The van der Waals surface area contributed by atoms with Gasteiger partial charge in [0.1, 0.15) is 16.5 Å². The summed E-state index contributed by atoms with van der Waals surface area (Å²) in [6.07, 6.45) is 0. The van der Waals surface area contributed by atoms with Crippen LogP contribution in [0, 0.1) is 17.1 Å². The minimum atomic E-state index is -1.14. The Morgan fingerprint density at radius 2 is 1.86 bits per heavy atom. The molecule has 0 amide bonds. The van der Waals surface area contributed by atoms with Gasteiger partial charge < -0.3 is 0 Å². The molecule has 0 bridgehead atoms. The summed E-state index contributed by atoms with van der Waals surface area (Å²) in [4.78, 5) is 29.4. The Kier molecular flexibility index (Phi) is 4.51. The maximum Gasteiger partial charge on any atom is 0.271 e. The Bertz CT molecular complexity index is 1260. The zero-order chi connectivity index (χ0) is 19.7. The third kappa shape index (κ3) is 3.19. The molecular formula is C20H11FN4O2S. The zero-order valence-corrected chi connectivity index (χ0v) is 15.1. The van der Waals surface area contributed by atoms with Gasteiger partial charge in [-0.2, -0.15) is 15.0 Å². The molecule has 0 aliphatic rings. The first-order valence-electron chi connectivity index (χ1n) is 8.22. The fourth-order valence-corrected chi connectivity index (χ4v) is 3.71. The maximum atomic E-state index is 13.1. The van der Waals surface area contributed by atoms with E-state index in [9.17, 15) is 19.2 Å². The summed E-state index contributed by atoms with van der Waals surface area (Å²) in [5.74, 6) is -2.15. The number of benzene rings is 2. The Morgan fingerprint density at radius 1 is 1.11 bits per heavy atom. The van der Waals surface area contributed by atoms with Crippen molar-refractivity contribution in [3.05, 3.63) is 87.5 Å². The lowest BCUT2D eigenvalue weighted by Crippen LogP contribution is -2.24. The number of ketones is 1. The van der Waals surface area contributed by atoms with Crippen molar-refractivity contribution in [3.63, 3.8) is 0 Å². The average molecular weight is 390 g/mol. The summed E-state index contributed by atoms with van der Waals surface area (Å²) in [5, 5.41) is 14.0.